The van der Waals surface area contributed by atoms with Gasteiger partial charge in [-0.3, -0.25) is 4.98 Å². The van der Waals surface area contributed by atoms with Gasteiger partial charge >= 0.3 is 0 Å². The number of sulfonamides is 1. The number of nitrogens with zero attached hydrogens (tertiary/aromatic N) is 2. The molecule has 1 aromatic heterocycles. The van der Waals surface area contributed by atoms with Crippen molar-refractivity contribution in [2.75, 3.05) is 5.75 Å². The molecule has 1 rings (SSSR count). The van der Waals surface area contributed by atoms with E-state index in [2.05, 4.69) is 14.9 Å². The minimum atomic E-state index is -3.53. The first-order valence-corrected chi connectivity index (χ1v) is 7.30. The Bertz CT molecular complexity index is 540. The van der Waals surface area contributed by atoms with Crippen LogP contribution >= 0.6 is 0 Å². The van der Waals surface area contributed by atoms with E-state index in [1.165, 1.54) is 13.8 Å². The molecule has 0 atom stereocenters. The van der Waals surface area contributed by atoms with Crippen molar-refractivity contribution in [1.82, 2.24) is 9.71 Å². The highest BCUT2D eigenvalue weighted by molar-refractivity contribution is 7.89. The highest BCUT2D eigenvalue weighted by Crippen LogP contribution is 2.07. The fourth-order valence-corrected chi connectivity index (χ4v) is 2.91. The Hall–Kier alpha value is -1.67. The van der Waals surface area contributed by atoms with Gasteiger partial charge in [0.2, 0.25) is 10.0 Å². The van der Waals surface area contributed by atoms with Gasteiger partial charge < -0.3 is 10.9 Å². The maximum atomic E-state index is 11.9. The number of nitrogens with one attached hydrogen (secondary N) is 1. The molecule has 0 radical (unpaired) electrons. The van der Waals surface area contributed by atoms with Crippen LogP contribution in [0.3, 0.4) is 0 Å². The Morgan fingerprint density at radius 1 is 1.47 bits per heavy atom. The first-order valence-electron chi connectivity index (χ1n) is 5.65. The first-order chi connectivity index (χ1) is 8.77. The summed E-state index contributed by atoms with van der Waals surface area (Å²) in [6.07, 6.45) is 3.58. The second-order valence-corrected chi connectivity index (χ2v) is 6.48. The zero-order valence-electron chi connectivity index (χ0n) is 10.9. The molecule has 8 heteroatoms. The molecular weight excluding hydrogens is 268 g/mol. The molecule has 0 saturated heterocycles. The third-order valence-electron chi connectivity index (χ3n) is 2.57. The minimum absolute atomic E-state index is 0.0842. The average molecular weight is 286 g/mol. The standard InChI is InChI=1S/C11H18N4O3S/c1-11(2,10(12)14-16)15-19(17,18)8-5-9-3-6-13-7-4-9/h3-4,6-7,15-16H,5,8H2,1-2H3,(H2,12,14). The molecule has 0 bridgehead atoms. The molecule has 0 fully saturated rings. The van der Waals surface area contributed by atoms with Crippen LogP contribution in [0.1, 0.15) is 19.4 Å². The maximum Gasteiger partial charge on any atom is 0.212 e. The van der Waals surface area contributed by atoms with E-state index in [0.717, 1.165) is 5.56 Å². The predicted octanol–water partition coefficient (Wildman–Crippen LogP) is 0.0685. The van der Waals surface area contributed by atoms with Crippen LogP contribution in [0.5, 0.6) is 0 Å². The van der Waals surface area contributed by atoms with E-state index in [4.69, 9.17) is 10.9 Å². The number of hydrogen-bond donors (Lipinski definition) is 3. The quantitative estimate of drug-likeness (QED) is 0.296. The number of oxime groups is 1. The van der Waals surface area contributed by atoms with Crippen LogP contribution in [0.4, 0.5) is 0 Å². The molecule has 0 unspecified atom stereocenters. The van der Waals surface area contributed by atoms with Crippen LogP contribution in [0.25, 0.3) is 0 Å². The van der Waals surface area contributed by atoms with Gasteiger partial charge in [-0.15, -0.1) is 0 Å². The van der Waals surface area contributed by atoms with Crippen molar-refractivity contribution in [1.29, 1.82) is 0 Å². The largest absolute Gasteiger partial charge is 0.409 e. The number of nitrogens with two attached hydrogens (primary N) is 1. The van der Waals surface area contributed by atoms with Crippen molar-refractivity contribution in [3.8, 4) is 0 Å². The fourth-order valence-electron chi connectivity index (χ4n) is 1.42. The van der Waals surface area contributed by atoms with E-state index in [0.29, 0.717) is 6.42 Å². The molecule has 4 N–H and O–H groups in total. The first kappa shape index (κ1) is 15.4. The number of aryl methyl sites for hydroxylation is 1. The lowest BCUT2D eigenvalue weighted by atomic mass is 10.1. The second kappa shape index (κ2) is 5.98. The number of rotatable bonds is 6. The summed E-state index contributed by atoms with van der Waals surface area (Å²) in [7, 11) is -3.53. The van der Waals surface area contributed by atoms with Gasteiger partial charge in [0.25, 0.3) is 0 Å². The molecule has 1 heterocycles. The van der Waals surface area contributed by atoms with E-state index < -0.39 is 15.6 Å². The molecule has 0 aliphatic rings. The summed E-state index contributed by atoms with van der Waals surface area (Å²) in [5.41, 5.74) is 5.17. The van der Waals surface area contributed by atoms with Crippen LogP contribution in [-0.4, -0.2) is 35.7 Å². The van der Waals surface area contributed by atoms with Gasteiger partial charge in [-0.2, -0.15) is 0 Å². The predicted molar refractivity (Wildman–Crippen MR) is 72.4 cm³/mol. The minimum Gasteiger partial charge on any atom is -0.409 e. The monoisotopic (exact) mass is 286 g/mol. The van der Waals surface area contributed by atoms with Gasteiger partial charge in [0, 0.05) is 12.4 Å². The van der Waals surface area contributed by atoms with Crippen molar-refractivity contribution in [2.24, 2.45) is 10.9 Å². The van der Waals surface area contributed by atoms with E-state index in [-0.39, 0.29) is 11.6 Å². The Morgan fingerprint density at radius 3 is 2.58 bits per heavy atom. The van der Waals surface area contributed by atoms with Gasteiger partial charge in [0.05, 0.1) is 11.3 Å². The van der Waals surface area contributed by atoms with Gasteiger partial charge in [-0.1, -0.05) is 5.16 Å². The van der Waals surface area contributed by atoms with E-state index in [9.17, 15) is 8.42 Å². The van der Waals surface area contributed by atoms with Crippen molar-refractivity contribution in [3.63, 3.8) is 0 Å². The molecule has 0 aromatic carbocycles. The number of aromatic nitrogens is 1. The maximum absolute atomic E-state index is 11.9. The highest BCUT2D eigenvalue weighted by Gasteiger charge is 2.29. The summed E-state index contributed by atoms with van der Waals surface area (Å²) in [5, 5.41) is 11.4. The molecule has 0 aliphatic heterocycles. The smallest absolute Gasteiger partial charge is 0.212 e. The molecule has 0 saturated carbocycles. The van der Waals surface area contributed by atoms with Crippen LogP contribution in [-0.2, 0) is 16.4 Å². The number of pyridine rings is 1. The SMILES string of the molecule is CC(C)(NS(=O)(=O)CCc1ccncc1)/C(N)=N/O. The van der Waals surface area contributed by atoms with E-state index in [1.54, 1.807) is 24.5 Å². The molecule has 106 valence electrons. The lowest BCUT2D eigenvalue weighted by Crippen LogP contribution is -2.53. The summed E-state index contributed by atoms with van der Waals surface area (Å²) in [6.45, 7) is 3.04. The average Bonchev–Trinajstić information content (AvgIpc) is 2.35. The summed E-state index contributed by atoms with van der Waals surface area (Å²) in [6, 6.07) is 3.51. The molecule has 19 heavy (non-hydrogen) atoms. The van der Waals surface area contributed by atoms with Crippen molar-refractivity contribution in [2.45, 2.75) is 25.8 Å². The van der Waals surface area contributed by atoms with Crippen molar-refractivity contribution in [3.05, 3.63) is 30.1 Å². The fraction of sp³-hybridized carbons (Fsp3) is 0.455. The highest BCUT2D eigenvalue weighted by atomic mass is 32.2. The Morgan fingerprint density at radius 2 is 2.05 bits per heavy atom. The summed E-state index contributed by atoms with van der Waals surface area (Å²) < 4.78 is 26.2. The molecule has 0 amide bonds. The normalized spacial score (nSPS) is 13.5. The van der Waals surface area contributed by atoms with Gasteiger partial charge in [-0.05, 0) is 38.0 Å². The molecule has 0 spiro atoms. The Balaban J connectivity index is 2.68. The summed E-state index contributed by atoms with van der Waals surface area (Å²) in [5.74, 6) is -0.279. The van der Waals surface area contributed by atoms with Crippen LogP contribution in [0.15, 0.2) is 29.7 Å². The lowest BCUT2D eigenvalue weighted by molar-refractivity contribution is 0.312. The van der Waals surface area contributed by atoms with E-state index in [1.807, 2.05) is 0 Å². The molecule has 0 aliphatic carbocycles. The molecule has 7 nitrogen and oxygen atoms in total. The number of amidine groups is 1. The van der Waals surface area contributed by atoms with Gasteiger partial charge in [0.1, 0.15) is 0 Å². The molecule has 1 aromatic rings. The zero-order valence-corrected chi connectivity index (χ0v) is 11.7. The van der Waals surface area contributed by atoms with Gasteiger partial charge in [0.15, 0.2) is 5.84 Å². The van der Waals surface area contributed by atoms with Crippen molar-refractivity contribution >= 4 is 15.9 Å². The third kappa shape index (κ3) is 4.84. The van der Waals surface area contributed by atoms with Crippen LogP contribution in [0, 0.1) is 0 Å². The Labute approximate surface area is 112 Å². The Kier molecular flexibility index (Phi) is 4.84. The number of hydrogen-bond acceptors (Lipinski definition) is 5. The second-order valence-electron chi connectivity index (χ2n) is 4.64. The zero-order chi connectivity index (χ0) is 14.5. The third-order valence-corrected chi connectivity index (χ3v) is 4.13. The molecular formula is C11H18N4O3S. The summed E-state index contributed by atoms with van der Waals surface area (Å²) in [4.78, 5) is 3.86. The van der Waals surface area contributed by atoms with E-state index >= 15 is 0 Å². The van der Waals surface area contributed by atoms with Crippen molar-refractivity contribution < 1.29 is 13.6 Å². The van der Waals surface area contributed by atoms with Gasteiger partial charge in [-0.25, -0.2) is 13.1 Å². The van der Waals surface area contributed by atoms with Crippen LogP contribution in [0.2, 0.25) is 0 Å². The van der Waals surface area contributed by atoms with Crippen LogP contribution < -0.4 is 10.5 Å². The summed E-state index contributed by atoms with van der Waals surface area (Å²) >= 11 is 0. The topological polar surface area (TPSA) is 118 Å². The lowest BCUT2D eigenvalue weighted by Gasteiger charge is -2.24.